The number of carbonyl (C=O) groups is 1. The predicted octanol–water partition coefficient (Wildman–Crippen LogP) is 3.48. The van der Waals surface area contributed by atoms with Gasteiger partial charge in [-0.15, -0.1) is 0 Å². The standard InChI is InChI=1S/C16H15ClN4O/c1-8-13(10(3)22)15(18)14-9(2)20-21(16(14)19-8)12-6-4-11(17)5-7-12/h4-7H,1-3H3,(H2,18,19). The first kappa shape index (κ1) is 14.5. The van der Waals surface area contributed by atoms with Crippen LogP contribution in [0.4, 0.5) is 5.69 Å². The second-order valence-corrected chi connectivity index (χ2v) is 5.65. The summed E-state index contributed by atoms with van der Waals surface area (Å²) in [7, 11) is 0. The molecule has 0 saturated heterocycles. The number of rotatable bonds is 2. The van der Waals surface area contributed by atoms with Crippen molar-refractivity contribution in [2.75, 3.05) is 5.73 Å². The first-order chi connectivity index (χ1) is 10.4. The van der Waals surface area contributed by atoms with Crippen LogP contribution in [0.1, 0.15) is 28.7 Å². The van der Waals surface area contributed by atoms with Gasteiger partial charge in [-0.3, -0.25) is 4.79 Å². The monoisotopic (exact) mass is 314 g/mol. The van der Waals surface area contributed by atoms with E-state index in [1.54, 1.807) is 23.7 Å². The number of nitrogens with zero attached hydrogens (tertiary/aromatic N) is 3. The normalized spacial score (nSPS) is 11.1. The number of hydrogen-bond donors (Lipinski definition) is 1. The van der Waals surface area contributed by atoms with E-state index in [0.29, 0.717) is 33.0 Å². The minimum atomic E-state index is -0.0944. The van der Waals surface area contributed by atoms with E-state index in [4.69, 9.17) is 17.3 Å². The number of hydrogen-bond acceptors (Lipinski definition) is 4. The van der Waals surface area contributed by atoms with Crippen LogP contribution in [0.15, 0.2) is 24.3 Å². The number of pyridine rings is 1. The second kappa shape index (κ2) is 5.10. The Morgan fingerprint density at radius 2 is 1.82 bits per heavy atom. The molecule has 0 spiro atoms. The molecular weight excluding hydrogens is 300 g/mol. The molecule has 0 unspecified atom stereocenters. The van der Waals surface area contributed by atoms with Crippen molar-refractivity contribution in [1.29, 1.82) is 0 Å². The first-order valence-corrected chi connectivity index (χ1v) is 7.20. The van der Waals surface area contributed by atoms with Gasteiger partial charge in [-0.2, -0.15) is 5.10 Å². The van der Waals surface area contributed by atoms with E-state index in [0.717, 1.165) is 11.4 Å². The third kappa shape index (κ3) is 2.14. The maximum absolute atomic E-state index is 11.8. The minimum absolute atomic E-state index is 0.0944. The molecule has 6 heteroatoms. The zero-order valence-electron chi connectivity index (χ0n) is 12.5. The van der Waals surface area contributed by atoms with Crippen LogP contribution in [0.25, 0.3) is 16.7 Å². The van der Waals surface area contributed by atoms with Crippen molar-refractivity contribution in [2.24, 2.45) is 0 Å². The summed E-state index contributed by atoms with van der Waals surface area (Å²) in [4.78, 5) is 16.3. The van der Waals surface area contributed by atoms with Gasteiger partial charge >= 0.3 is 0 Å². The fourth-order valence-corrected chi connectivity index (χ4v) is 2.80. The first-order valence-electron chi connectivity index (χ1n) is 6.82. The third-order valence-corrected chi connectivity index (χ3v) is 3.89. The molecule has 0 aliphatic heterocycles. The average Bonchev–Trinajstić information content (AvgIpc) is 2.76. The zero-order chi connectivity index (χ0) is 16.0. The van der Waals surface area contributed by atoms with Gasteiger partial charge in [0.25, 0.3) is 0 Å². The summed E-state index contributed by atoms with van der Waals surface area (Å²) in [6.07, 6.45) is 0. The van der Waals surface area contributed by atoms with Gasteiger partial charge in [-0.25, -0.2) is 9.67 Å². The van der Waals surface area contributed by atoms with Gasteiger partial charge < -0.3 is 5.73 Å². The molecule has 0 aliphatic carbocycles. The lowest BCUT2D eigenvalue weighted by Crippen LogP contribution is -2.07. The van der Waals surface area contributed by atoms with Crippen molar-refractivity contribution in [1.82, 2.24) is 14.8 Å². The zero-order valence-corrected chi connectivity index (χ0v) is 13.3. The highest BCUT2D eigenvalue weighted by Gasteiger charge is 2.20. The largest absolute Gasteiger partial charge is 0.397 e. The van der Waals surface area contributed by atoms with Crippen molar-refractivity contribution in [2.45, 2.75) is 20.8 Å². The third-order valence-electron chi connectivity index (χ3n) is 3.63. The number of ketones is 1. The highest BCUT2D eigenvalue weighted by atomic mass is 35.5. The molecule has 0 amide bonds. The maximum Gasteiger partial charge on any atom is 0.165 e. The molecule has 3 rings (SSSR count). The summed E-state index contributed by atoms with van der Waals surface area (Å²) in [5.74, 6) is -0.0944. The summed E-state index contributed by atoms with van der Waals surface area (Å²) < 4.78 is 1.72. The highest BCUT2D eigenvalue weighted by molar-refractivity contribution is 6.30. The van der Waals surface area contributed by atoms with Crippen LogP contribution in [0.5, 0.6) is 0 Å². The SMILES string of the molecule is CC(=O)c1c(C)nc2c(c(C)nn2-c2ccc(Cl)cc2)c1N. The van der Waals surface area contributed by atoms with E-state index >= 15 is 0 Å². The molecule has 2 aromatic heterocycles. The van der Waals surface area contributed by atoms with Gasteiger partial charge in [0.1, 0.15) is 0 Å². The molecular formula is C16H15ClN4O. The Kier molecular flexibility index (Phi) is 3.37. The van der Waals surface area contributed by atoms with E-state index in [9.17, 15) is 4.79 Å². The lowest BCUT2D eigenvalue weighted by atomic mass is 10.1. The second-order valence-electron chi connectivity index (χ2n) is 5.21. The molecule has 1 aromatic carbocycles. The van der Waals surface area contributed by atoms with Crippen LogP contribution in [0.2, 0.25) is 5.02 Å². The van der Waals surface area contributed by atoms with Crippen LogP contribution >= 0.6 is 11.6 Å². The number of anilines is 1. The van der Waals surface area contributed by atoms with E-state index in [2.05, 4.69) is 10.1 Å². The number of halogens is 1. The number of fused-ring (bicyclic) bond motifs is 1. The molecule has 5 nitrogen and oxygen atoms in total. The van der Waals surface area contributed by atoms with E-state index in [1.165, 1.54) is 6.92 Å². The molecule has 0 bridgehead atoms. The predicted molar refractivity (Wildman–Crippen MR) is 87.8 cm³/mol. The van der Waals surface area contributed by atoms with Crippen molar-refractivity contribution in [3.8, 4) is 5.69 Å². The van der Waals surface area contributed by atoms with E-state index in [-0.39, 0.29) is 5.78 Å². The molecule has 0 atom stereocenters. The number of aromatic nitrogens is 3. The Balaban J connectivity index is 2.36. The Bertz CT molecular complexity index is 897. The summed E-state index contributed by atoms with van der Waals surface area (Å²) in [5.41, 5.74) is 9.92. The average molecular weight is 315 g/mol. The maximum atomic E-state index is 11.8. The van der Waals surface area contributed by atoms with Gasteiger partial charge in [-0.1, -0.05) is 11.6 Å². The Morgan fingerprint density at radius 3 is 2.41 bits per heavy atom. The van der Waals surface area contributed by atoms with Gasteiger partial charge in [-0.05, 0) is 45.0 Å². The number of benzene rings is 1. The van der Waals surface area contributed by atoms with E-state index in [1.807, 2.05) is 19.1 Å². The molecule has 0 saturated carbocycles. The van der Waals surface area contributed by atoms with Crippen molar-refractivity contribution < 1.29 is 4.79 Å². The van der Waals surface area contributed by atoms with Gasteiger partial charge in [0.05, 0.1) is 33.7 Å². The number of aryl methyl sites for hydroxylation is 2. The minimum Gasteiger partial charge on any atom is -0.397 e. The molecule has 0 aliphatic rings. The molecule has 3 aromatic rings. The van der Waals surface area contributed by atoms with Crippen LogP contribution in [-0.2, 0) is 0 Å². The Hall–Kier alpha value is -2.40. The van der Waals surface area contributed by atoms with Gasteiger partial charge in [0.2, 0.25) is 0 Å². The molecule has 22 heavy (non-hydrogen) atoms. The molecule has 0 fully saturated rings. The van der Waals surface area contributed by atoms with Crippen LogP contribution in [0.3, 0.4) is 0 Å². The highest BCUT2D eigenvalue weighted by Crippen LogP contribution is 2.30. The fraction of sp³-hybridized carbons (Fsp3) is 0.188. The van der Waals surface area contributed by atoms with Crippen LogP contribution in [-0.4, -0.2) is 20.5 Å². The number of nitrogens with two attached hydrogens (primary N) is 1. The molecule has 2 N–H and O–H groups in total. The summed E-state index contributed by atoms with van der Waals surface area (Å²) in [6.45, 7) is 5.12. The summed E-state index contributed by atoms with van der Waals surface area (Å²) in [6, 6.07) is 7.31. The molecule has 0 radical (unpaired) electrons. The van der Waals surface area contributed by atoms with Crippen molar-refractivity contribution >= 4 is 34.1 Å². The van der Waals surface area contributed by atoms with Crippen LogP contribution in [0, 0.1) is 13.8 Å². The van der Waals surface area contributed by atoms with Crippen LogP contribution < -0.4 is 5.73 Å². The van der Waals surface area contributed by atoms with Gasteiger partial charge in [0, 0.05) is 5.02 Å². The smallest absolute Gasteiger partial charge is 0.165 e. The summed E-state index contributed by atoms with van der Waals surface area (Å²) in [5, 5.41) is 5.88. The lowest BCUT2D eigenvalue weighted by Gasteiger charge is -2.08. The topological polar surface area (TPSA) is 73.8 Å². The quantitative estimate of drug-likeness (QED) is 0.735. The van der Waals surface area contributed by atoms with Crippen molar-refractivity contribution in [3.63, 3.8) is 0 Å². The van der Waals surface area contributed by atoms with Gasteiger partial charge in [0.15, 0.2) is 11.4 Å². The fourth-order valence-electron chi connectivity index (χ4n) is 2.68. The number of Topliss-reactive ketones (excluding diaryl/α,β-unsaturated/α-hetero) is 1. The Labute approximate surface area is 132 Å². The number of carbonyl (C=O) groups excluding carboxylic acids is 1. The lowest BCUT2D eigenvalue weighted by molar-refractivity contribution is 0.101. The molecule has 112 valence electrons. The molecule has 2 heterocycles. The van der Waals surface area contributed by atoms with Crippen molar-refractivity contribution in [3.05, 3.63) is 46.2 Å². The summed E-state index contributed by atoms with van der Waals surface area (Å²) >= 11 is 5.93. The number of nitrogen functional groups attached to an aromatic ring is 1. The van der Waals surface area contributed by atoms with E-state index < -0.39 is 0 Å². The Morgan fingerprint density at radius 1 is 1.18 bits per heavy atom.